The fourth-order valence-electron chi connectivity index (χ4n) is 4.04. The molecule has 0 atom stereocenters. The van der Waals surface area contributed by atoms with E-state index in [2.05, 4.69) is 36.1 Å². The Morgan fingerprint density at radius 3 is 2.12 bits per heavy atom. The molecule has 3 N–H and O–H groups in total. The molecule has 41 heavy (non-hydrogen) atoms. The Balaban J connectivity index is 1.55. The van der Waals surface area contributed by atoms with Crippen molar-refractivity contribution in [1.29, 1.82) is 0 Å². The van der Waals surface area contributed by atoms with E-state index in [4.69, 9.17) is 4.74 Å². The summed E-state index contributed by atoms with van der Waals surface area (Å²) in [6.07, 6.45) is 1.02. The lowest BCUT2D eigenvalue weighted by atomic mass is 9.86. The molecule has 0 saturated carbocycles. The predicted molar refractivity (Wildman–Crippen MR) is 163 cm³/mol. The maximum atomic E-state index is 13.4. The molecule has 0 radical (unpaired) electrons. The number of carbonyl (C=O) groups is 2. The largest absolute Gasteiger partial charge is 0.489 e. The Bertz CT molecular complexity index is 1650. The molecule has 8 nitrogen and oxygen atoms in total. The van der Waals surface area contributed by atoms with Crippen LogP contribution in [0.2, 0.25) is 0 Å². The quantitative estimate of drug-likeness (QED) is 0.214. The summed E-state index contributed by atoms with van der Waals surface area (Å²) in [5.41, 5.74) is 3.41. The van der Waals surface area contributed by atoms with Crippen molar-refractivity contribution in [1.82, 2.24) is 0 Å². The van der Waals surface area contributed by atoms with Gasteiger partial charge in [0.1, 0.15) is 12.4 Å². The highest BCUT2D eigenvalue weighted by Gasteiger charge is 2.18. The molecular formula is C32H33N3O5S. The molecule has 2 amide bonds. The lowest BCUT2D eigenvalue weighted by Crippen LogP contribution is -2.19. The van der Waals surface area contributed by atoms with Crippen molar-refractivity contribution in [3.8, 4) is 5.75 Å². The van der Waals surface area contributed by atoms with Crippen LogP contribution >= 0.6 is 0 Å². The van der Waals surface area contributed by atoms with Gasteiger partial charge in [-0.2, -0.15) is 0 Å². The van der Waals surface area contributed by atoms with Gasteiger partial charge in [-0.25, -0.2) is 8.42 Å². The summed E-state index contributed by atoms with van der Waals surface area (Å²) in [6.45, 7) is 6.62. The van der Waals surface area contributed by atoms with Crippen LogP contribution in [0.25, 0.3) is 0 Å². The highest BCUT2D eigenvalue weighted by Crippen LogP contribution is 2.26. The molecule has 0 unspecified atom stereocenters. The van der Waals surface area contributed by atoms with Gasteiger partial charge in [-0.3, -0.25) is 14.3 Å². The average molecular weight is 572 g/mol. The SMILES string of the molecule is CC(C)(C)c1ccc(C(=O)Nc2cc(NS(C)(=O)=O)ccc2C(=O)Nc2cccc(OCc3ccccc3)c2)cc1. The maximum absolute atomic E-state index is 13.4. The first-order valence-electron chi connectivity index (χ1n) is 13.0. The van der Waals surface area contributed by atoms with E-state index >= 15 is 0 Å². The van der Waals surface area contributed by atoms with Crippen LogP contribution in [0.3, 0.4) is 0 Å². The van der Waals surface area contributed by atoms with Crippen LogP contribution in [0, 0.1) is 0 Å². The fourth-order valence-corrected chi connectivity index (χ4v) is 4.60. The van der Waals surface area contributed by atoms with Gasteiger partial charge in [0.15, 0.2) is 0 Å². The smallest absolute Gasteiger partial charge is 0.257 e. The van der Waals surface area contributed by atoms with Crippen molar-refractivity contribution in [2.75, 3.05) is 21.6 Å². The van der Waals surface area contributed by atoms with Gasteiger partial charge in [-0.15, -0.1) is 0 Å². The van der Waals surface area contributed by atoms with Gasteiger partial charge in [-0.1, -0.05) is 69.3 Å². The topological polar surface area (TPSA) is 114 Å². The van der Waals surface area contributed by atoms with Crippen LogP contribution in [0.4, 0.5) is 17.1 Å². The molecule has 212 valence electrons. The summed E-state index contributed by atoms with van der Waals surface area (Å²) < 4.78 is 31.9. The fraction of sp³-hybridized carbons (Fsp3) is 0.188. The van der Waals surface area contributed by atoms with Crippen LogP contribution < -0.4 is 20.1 Å². The van der Waals surface area contributed by atoms with Gasteiger partial charge in [0, 0.05) is 17.3 Å². The number of nitrogens with one attached hydrogen (secondary N) is 3. The first-order chi connectivity index (χ1) is 19.4. The molecule has 0 aliphatic rings. The van der Waals surface area contributed by atoms with Crippen molar-refractivity contribution in [2.24, 2.45) is 0 Å². The number of carbonyl (C=O) groups excluding carboxylic acids is 2. The second kappa shape index (κ2) is 12.3. The van der Waals surface area contributed by atoms with E-state index in [0.717, 1.165) is 17.4 Å². The van der Waals surface area contributed by atoms with Gasteiger partial charge in [0.2, 0.25) is 10.0 Å². The molecule has 0 fully saturated rings. The molecule has 0 bridgehead atoms. The van der Waals surface area contributed by atoms with E-state index in [9.17, 15) is 18.0 Å². The number of sulfonamides is 1. The number of benzene rings is 4. The predicted octanol–water partition coefficient (Wildman–Crippen LogP) is 6.44. The number of hydrogen-bond acceptors (Lipinski definition) is 5. The van der Waals surface area contributed by atoms with Crippen LogP contribution in [-0.2, 0) is 22.0 Å². The van der Waals surface area contributed by atoms with E-state index < -0.39 is 21.8 Å². The van der Waals surface area contributed by atoms with Crippen LogP contribution in [0.1, 0.15) is 52.6 Å². The molecule has 4 rings (SSSR count). The lowest BCUT2D eigenvalue weighted by molar-refractivity contribution is 0.102. The number of hydrogen-bond donors (Lipinski definition) is 3. The third-order valence-electron chi connectivity index (χ3n) is 6.17. The zero-order valence-corrected chi connectivity index (χ0v) is 24.2. The van der Waals surface area contributed by atoms with E-state index in [1.807, 2.05) is 42.5 Å². The Hall–Kier alpha value is -4.63. The molecule has 0 spiro atoms. The molecule has 0 aliphatic heterocycles. The van der Waals surface area contributed by atoms with Gasteiger partial charge in [0.05, 0.1) is 23.2 Å². The van der Waals surface area contributed by atoms with Crippen molar-refractivity contribution >= 4 is 38.9 Å². The lowest BCUT2D eigenvalue weighted by Gasteiger charge is -2.19. The highest BCUT2D eigenvalue weighted by molar-refractivity contribution is 7.92. The monoisotopic (exact) mass is 571 g/mol. The zero-order valence-electron chi connectivity index (χ0n) is 23.4. The summed E-state index contributed by atoms with van der Waals surface area (Å²) in [5.74, 6) is -0.353. The normalized spacial score (nSPS) is 11.4. The first-order valence-corrected chi connectivity index (χ1v) is 14.9. The van der Waals surface area contributed by atoms with Gasteiger partial charge >= 0.3 is 0 Å². The maximum Gasteiger partial charge on any atom is 0.257 e. The summed E-state index contributed by atoms with van der Waals surface area (Å²) in [4.78, 5) is 26.5. The second-order valence-corrected chi connectivity index (χ2v) is 12.4. The summed E-state index contributed by atoms with van der Waals surface area (Å²) >= 11 is 0. The molecule has 4 aromatic carbocycles. The van der Waals surface area contributed by atoms with Crippen molar-refractivity contribution < 1.29 is 22.7 Å². The molecule has 0 heterocycles. The average Bonchev–Trinajstić information content (AvgIpc) is 2.91. The summed E-state index contributed by atoms with van der Waals surface area (Å²) in [6, 6.07) is 28.2. The van der Waals surface area contributed by atoms with Gasteiger partial charge in [0.25, 0.3) is 11.8 Å². The van der Waals surface area contributed by atoms with Crippen molar-refractivity contribution in [3.05, 3.63) is 119 Å². The third kappa shape index (κ3) is 8.43. The summed E-state index contributed by atoms with van der Waals surface area (Å²) in [7, 11) is -3.58. The number of ether oxygens (including phenoxy) is 1. The van der Waals surface area contributed by atoms with Crippen molar-refractivity contribution in [3.63, 3.8) is 0 Å². The van der Waals surface area contributed by atoms with Crippen molar-refractivity contribution in [2.45, 2.75) is 32.8 Å². The highest BCUT2D eigenvalue weighted by atomic mass is 32.2. The number of rotatable bonds is 9. The first kappa shape index (κ1) is 29.4. The standard InChI is InChI=1S/C32H33N3O5S/c1-32(2,3)24-15-13-23(14-16-24)30(36)34-29-20-26(35-41(4,38)39)17-18-28(29)31(37)33-25-11-8-12-27(19-25)40-21-22-9-6-5-7-10-22/h5-20,35H,21H2,1-4H3,(H,33,37)(H,34,36). The molecule has 0 aliphatic carbocycles. The second-order valence-electron chi connectivity index (χ2n) is 10.7. The van der Waals surface area contributed by atoms with Crippen LogP contribution in [0.15, 0.2) is 97.1 Å². The van der Waals surface area contributed by atoms with E-state index in [0.29, 0.717) is 23.6 Å². The minimum absolute atomic E-state index is 0.0736. The third-order valence-corrected chi connectivity index (χ3v) is 6.78. The number of anilines is 3. The minimum Gasteiger partial charge on any atom is -0.489 e. The molecule has 0 saturated heterocycles. The molecule has 0 aromatic heterocycles. The Kier molecular flexibility index (Phi) is 8.78. The minimum atomic E-state index is -3.58. The van der Waals surface area contributed by atoms with Gasteiger partial charge < -0.3 is 15.4 Å². The zero-order chi connectivity index (χ0) is 29.6. The van der Waals surface area contributed by atoms with E-state index in [1.54, 1.807) is 36.4 Å². The van der Waals surface area contributed by atoms with Crippen LogP contribution in [-0.4, -0.2) is 26.5 Å². The molecular weight excluding hydrogens is 538 g/mol. The Morgan fingerprint density at radius 2 is 1.46 bits per heavy atom. The Morgan fingerprint density at radius 1 is 0.756 bits per heavy atom. The van der Waals surface area contributed by atoms with E-state index in [1.165, 1.54) is 18.2 Å². The Labute approximate surface area is 240 Å². The summed E-state index contributed by atoms with van der Waals surface area (Å²) in [5, 5.41) is 5.60. The van der Waals surface area contributed by atoms with Gasteiger partial charge in [-0.05, 0) is 59.0 Å². The number of amides is 2. The molecule has 9 heteroatoms. The van der Waals surface area contributed by atoms with Crippen LogP contribution in [0.5, 0.6) is 5.75 Å². The molecule has 4 aromatic rings. The van der Waals surface area contributed by atoms with E-state index in [-0.39, 0.29) is 22.4 Å².